The molecule has 7 heteroatoms. The second kappa shape index (κ2) is 7.70. The van der Waals surface area contributed by atoms with Gasteiger partial charge in [0.1, 0.15) is 11.6 Å². The van der Waals surface area contributed by atoms with Gasteiger partial charge in [-0.05, 0) is 61.4 Å². The molecule has 1 heterocycles. The first-order chi connectivity index (χ1) is 12.4. The average Bonchev–Trinajstić information content (AvgIpc) is 3.04. The Kier molecular flexibility index (Phi) is 5.37. The van der Waals surface area contributed by atoms with Crippen LogP contribution in [0.3, 0.4) is 0 Å². The van der Waals surface area contributed by atoms with E-state index in [0.717, 1.165) is 16.9 Å². The number of carbonyl (C=O) groups is 1. The van der Waals surface area contributed by atoms with Gasteiger partial charge in [0.2, 0.25) is 0 Å². The van der Waals surface area contributed by atoms with Gasteiger partial charge in [0.25, 0.3) is 5.91 Å². The monoisotopic (exact) mass is 417 g/mol. The number of nitrogens with one attached hydrogen (secondary N) is 1. The summed E-state index contributed by atoms with van der Waals surface area (Å²) in [4.78, 5) is 12.2. The fourth-order valence-corrected chi connectivity index (χ4v) is 2.82. The molecule has 2 aromatic carbocycles. The predicted molar refractivity (Wildman–Crippen MR) is 101 cm³/mol. The van der Waals surface area contributed by atoms with E-state index in [2.05, 4.69) is 32.4 Å². The molecule has 0 aliphatic rings. The first kappa shape index (κ1) is 18.1. The minimum atomic E-state index is -0.523. The number of hydrogen-bond acceptors (Lipinski definition) is 3. The van der Waals surface area contributed by atoms with Crippen molar-refractivity contribution < 1.29 is 13.9 Å². The van der Waals surface area contributed by atoms with Crippen LogP contribution in [0.15, 0.2) is 53.1 Å². The number of benzene rings is 2. The van der Waals surface area contributed by atoms with E-state index < -0.39 is 11.7 Å². The largest absolute Gasteiger partial charge is 0.471 e. The SMILES string of the molecule is Cc1cc(C)cc(OCn2ccc(C(=O)Nc3ccc(Br)cc3F)n2)c1. The molecule has 0 fully saturated rings. The highest BCUT2D eigenvalue weighted by atomic mass is 79.9. The Morgan fingerprint density at radius 2 is 1.92 bits per heavy atom. The van der Waals surface area contributed by atoms with Gasteiger partial charge in [0.15, 0.2) is 12.4 Å². The number of ether oxygens (including phenoxy) is 1. The minimum Gasteiger partial charge on any atom is -0.471 e. The predicted octanol–water partition coefficient (Wildman–Crippen LogP) is 4.69. The summed E-state index contributed by atoms with van der Waals surface area (Å²) in [5, 5.41) is 6.67. The van der Waals surface area contributed by atoms with Crippen LogP contribution in [0.4, 0.5) is 10.1 Å². The molecule has 5 nitrogen and oxygen atoms in total. The van der Waals surface area contributed by atoms with Crippen LogP contribution >= 0.6 is 15.9 Å². The van der Waals surface area contributed by atoms with Gasteiger partial charge in [0.05, 0.1) is 5.69 Å². The Morgan fingerprint density at radius 1 is 1.19 bits per heavy atom. The molecular weight excluding hydrogens is 401 g/mol. The zero-order valence-electron chi connectivity index (χ0n) is 14.3. The van der Waals surface area contributed by atoms with Gasteiger partial charge in [-0.2, -0.15) is 5.10 Å². The van der Waals surface area contributed by atoms with E-state index in [9.17, 15) is 9.18 Å². The number of carbonyl (C=O) groups excluding carboxylic acids is 1. The lowest BCUT2D eigenvalue weighted by atomic mass is 10.1. The maximum Gasteiger partial charge on any atom is 0.276 e. The van der Waals surface area contributed by atoms with Crippen LogP contribution in [0.2, 0.25) is 0 Å². The number of hydrogen-bond donors (Lipinski definition) is 1. The van der Waals surface area contributed by atoms with Crippen LogP contribution < -0.4 is 10.1 Å². The zero-order valence-corrected chi connectivity index (χ0v) is 15.9. The van der Waals surface area contributed by atoms with Crippen molar-refractivity contribution in [3.05, 3.63) is 75.8 Å². The van der Waals surface area contributed by atoms with Crippen LogP contribution in [0.25, 0.3) is 0 Å². The molecule has 1 amide bonds. The molecule has 0 spiro atoms. The van der Waals surface area contributed by atoms with Crippen LogP contribution in [0.5, 0.6) is 5.75 Å². The Balaban J connectivity index is 1.64. The number of aryl methyl sites for hydroxylation is 2. The number of nitrogens with zero attached hydrogens (tertiary/aromatic N) is 2. The Hall–Kier alpha value is -2.67. The molecule has 1 N–H and O–H groups in total. The molecule has 3 rings (SSSR count). The van der Waals surface area contributed by atoms with Crippen molar-refractivity contribution in [3.63, 3.8) is 0 Å². The highest BCUT2D eigenvalue weighted by Gasteiger charge is 2.12. The quantitative estimate of drug-likeness (QED) is 0.654. The molecule has 1 aromatic heterocycles. The second-order valence-electron chi connectivity index (χ2n) is 5.92. The molecule has 0 aliphatic heterocycles. The zero-order chi connectivity index (χ0) is 18.7. The lowest BCUT2D eigenvalue weighted by Crippen LogP contribution is -2.15. The number of anilines is 1. The van der Waals surface area contributed by atoms with Crippen LogP contribution in [0, 0.1) is 19.7 Å². The van der Waals surface area contributed by atoms with Gasteiger partial charge in [-0.25, -0.2) is 9.07 Å². The minimum absolute atomic E-state index is 0.0965. The van der Waals surface area contributed by atoms with Crippen molar-refractivity contribution >= 4 is 27.5 Å². The van der Waals surface area contributed by atoms with Crippen molar-refractivity contribution in [2.24, 2.45) is 0 Å². The molecule has 26 heavy (non-hydrogen) atoms. The summed E-state index contributed by atoms with van der Waals surface area (Å²) < 4.78 is 21.6. The standard InChI is InChI=1S/C19H17BrFN3O2/c1-12-7-13(2)9-15(8-12)26-11-24-6-5-18(23-24)19(25)22-17-4-3-14(20)10-16(17)21/h3-10H,11H2,1-2H3,(H,22,25). The molecule has 0 saturated heterocycles. The van der Waals surface area contributed by atoms with E-state index in [1.807, 2.05) is 26.0 Å². The number of amides is 1. The summed E-state index contributed by atoms with van der Waals surface area (Å²) in [5.41, 5.74) is 2.49. The van der Waals surface area contributed by atoms with E-state index in [1.165, 1.54) is 16.8 Å². The molecule has 0 saturated carbocycles. The summed E-state index contributed by atoms with van der Waals surface area (Å²) in [6, 6.07) is 11.9. The lowest BCUT2D eigenvalue weighted by molar-refractivity contribution is 0.101. The van der Waals surface area contributed by atoms with Gasteiger partial charge in [-0.15, -0.1) is 0 Å². The summed E-state index contributed by atoms with van der Waals surface area (Å²) in [5.74, 6) is -0.275. The van der Waals surface area contributed by atoms with E-state index in [0.29, 0.717) is 4.47 Å². The van der Waals surface area contributed by atoms with Gasteiger partial charge in [-0.1, -0.05) is 22.0 Å². The summed E-state index contributed by atoms with van der Waals surface area (Å²) in [6.07, 6.45) is 1.63. The molecular formula is C19H17BrFN3O2. The highest BCUT2D eigenvalue weighted by molar-refractivity contribution is 9.10. The average molecular weight is 418 g/mol. The third-order valence-corrected chi connectivity index (χ3v) is 4.10. The smallest absolute Gasteiger partial charge is 0.276 e. The first-order valence-electron chi connectivity index (χ1n) is 7.92. The first-order valence-corrected chi connectivity index (χ1v) is 8.71. The van der Waals surface area contributed by atoms with E-state index >= 15 is 0 Å². The lowest BCUT2D eigenvalue weighted by Gasteiger charge is -2.08. The molecule has 0 radical (unpaired) electrons. The molecule has 3 aromatic rings. The third-order valence-electron chi connectivity index (χ3n) is 3.61. The topological polar surface area (TPSA) is 56.1 Å². The van der Waals surface area contributed by atoms with E-state index in [-0.39, 0.29) is 18.1 Å². The summed E-state index contributed by atoms with van der Waals surface area (Å²) >= 11 is 3.17. The van der Waals surface area contributed by atoms with Crippen molar-refractivity contribution in [1.29, 1.82) is 0 Å². The summed E-state index contributed by atoms with van der Waals surface area (Å²) in [7, 11) is 0. The van der Waals surface area contributed by atoms with Crippen LogP contribution in [0.1, 0.15) is 21.6 Å². The Labute approximate surface area is 158 Å². The van der Waals surface area contributed by atoms with Gasteiger partial charge in [-0.3, -0.25) is 4.79 Å². The van der Waals surface area contributed by atoms with Crippen molar-refractivity contribution in [3.8, 4) is 5.75 Å². The van der Waals surface area contributed by atoms with Gasteiger partial charge in [0, 0.05) is 10.7 Å². The van der Waals surface area contributed by atoms with Crippen molar-refractivity contribution in [2.45, 2.75) is 20.6 Å². The van der Waals surface area contributed by atoms with Crippen molar-refractivity contribution in [2.75, 3.05) is 5.32 Å². The molecule has 0 aliphatic carbocycles. The Bertz CT molecular complexity index is 935. The molecule has 134 valence electrons. The fourth-order valence-electron chi connectivity index (χ4n) is 2.49. The van der Waals surface area contributed by atoms with Gasteiger partial charge >= 0.3 is 0 Å². The number of halogens is 2. The number of rotatable bonds is 5. The van der Waals surface area contributed by atoms with E-state index in [4.69, 9.17) is 4.74 Å². The van der Waals surface area contributed by atoms with Crippen molar-refractivity contribution in [1.82, 2.24) is 9.78 Å². The normalized spacial score (nSPS) is 10.6. The van der Waals surface area contributed by atoms with E-state index in [1.54, 1.807) is 18.3 Å². The molecule has 0 atom stereocenters. The maximum atomic E-state index is 13.8. The maximum absolute atomic E-state index is 13.8. The highest BCUT2D eigenvalue weighted by Crippen LogP contribution is 2.20. The Morgan fingerprint density at radius 3 is 2.62 bits per heavy atom. The second-order valence-corrected chi connectivity index (χ2v) is 6.83. The third kappa shape index (κ3) is 4.49. The number of aromatic nitrogens is 2. The fraction of sp³-hybridized carbons (Fsp3) is 0.158. The van der Waals surface area contributed by atoms with Crippen LogP contribution in [-0.2, 0) is 6.73 Å². The molecule has 0 bridgehead atoms. The van der Waals surface area contributed by atoms with Gasteiger partial charge < -0.3 is 10.1 Å². The molecule has 0 unspecified atom stereocenters. The summed E-state index contributed by atoms with van der Waals surface area (Å²) in [6.45, 7) is 4.16. The van der Waals surface area contributed by atoms with Crippen LogP contribution in [-0.4, -0.2) is 15.7 Å².